The van der Waals surface area contributed by atoms with Crippen molar-refractivity contribution in [1.29, 1.82) is 0 Å². The van der Waals surface area contributed by atoms with Crippen molar-refractivity contribution in [2.45, 2.75) is 25.3 Å². The molecule has 0 spiro atoms. The number of rotatable bonds is 6. The first-order chi connectivity index (χ1) is 14.8. The number of ketones is 1. The van der Waals surface area contributed by atoms with E-state index in [4.69, 9.17) is 4.74 Å². The Kier molecular flexibility index (Phi) is 5.00. The van der Waals surface area contributed by atoms with E-state index in [9.17, 15) is 19.2 Å². The lowest BCUT2D eigenvalue weighted by atomic mass is 9.87. The van der Waals surface area contributed by atoms with Gasteiger partial charge in [-0.1, -0.05) is 19.1 Å². The second kappa shape index (κ2) is 7.54. The Balaban J connectivity index is 1.57. The topological polar surface area (TPSA) is 96.0 Å². The standard InChI is InChI=1S/C23H23N3O5/c1-4-23(16-6-8-17(31-3)9-7-16)21(29)26(22(30)24-23)13-19(27)14-5-10-18-15(11-14)12-20(28)25(18)2/h5-11H,4,12-13H2,1-3H3,(H,24,30)/t23-/m0/s1. The van der Waals surface area contributed by atoms with E-state index >= 15 is 0 Å². The van der Waals surface area contributed by atoms with Gasteiger partial charge in [-0.2, -0.15) is 0 Å². The largest absolute Gasteiger partial charge is 0.497 e. The molecule has 4 rings (SSSR count). The van der Waals surface area contributed by atoms with Gasteiger partial charge in [-0.25, -0.2) is 4.79 Å². The van der Waals surface area contributed by atoms with Crippen molar-refractivity contribution in [2.24, 2.45) is 0 Å². The fourth-order valence-electron chi connectivity index (χ4n) is 4.16. The molecule has 1 fully saturated rings. The summed E-state index contributed by atoms with van der Waals surface area (Å²) in [5, 5.41) is 2.77. The minimum atomic E-state index is -1.23. The molecule has 2 heterocycles. The van der Waals surface area contributed by atoms with Crippen LogP contribution in [0.15, 0.2) is 42.5 Å². The number of ether oxygens (including phenoxy) is 1. The fraction of sp³-hybridized carbons (Fsp3) is 0.304. The Morgan fingerprint density at radius 2 is 1.84 bits per heavy atom. The van der Waals surface area contributed by atoms with Gasteiger partial charge < -0.3 is 15.0 Å². The van der Waals surface area contributed by atoms with E-state index in [-0.39, 0.29) is 24.7 Å². The molecule has 2 aliphatic rings. The first-order valence-electron chi connectivity index (χ1n) is 10.0. The van der Waals surface area contributed by atoms with Gasteiger partial charge in [-0.3, -0.25) is 19.3 Å². The number of Topliss-reactive ketones (excluding diaryl/α,β-unsaturated/α-hetero) is 1. The lowest BCUT2D eigenvalue weighted by molar-refractivity contribution is -0.131. The summed E-state index contributed by atoms with van der Waals surface area (Å²) >= 11 is 0. The summed E-state index contributed by atoms with van der Waals surface area (Å²) < 4.78 is 5.16. The minimum Gasteiger partial charge on any atom is -0.497 e. The molecule has 160 valence electrons. The quantitative estimate of drug-likeness (QED) is 0.570. The second-order valence-corrected chi connectivity index (χ2v) is 7.71. The maximum Gasteiger partial charge on any atom is 0.325 e. The number of fused-ring (bicyclic) bond motifs is 1. The summed E-state index contributed by atoms with van der Waals surface area (Å²) in [5.41, 5.74) is 1.29. The van der Waals surface area contributed by atoms with E-state index in [0.29, 0.717) is 23.3 Å². The van der Waals surface area contributed by atoms with Crippen LogP contribution in [0.4, 0.5) is 10.5 Å². The molecule has 0 bridgehead atoms. The fourth-order valence-corrected chi connectivity index (χ4v) is 4.16. The zero-order valence-corrected chi connectivity index (χ0v) is 17.6. The Hall–Kier alpha value is -3.68. The van der Waals surface area contributed by atoms with Gasteiger partial charge in [0.15, 0.2) is 5.78 Å². The Bertz CT molecular complexity index is 1090. The maximum absolute atomic E-state index is 13.3. The summed E-state index contributed by atoms with van der Waals surface area (Å²) in [6.07, 6.45) is 0.564. The summed E-state index contributed by atoms with van der Waals surface area (Å²) in [4.78, 5) is 53.2. The third kappa shape index (κ3) is 3.24. The number of nitrogens with one attached hydrogen (secondary N) is 1. The third-order valence-electron chi connectivity index (χ3n) is 6.07. The first kappa shape index (κ1) is 20.6. The predicted octanol–water partition coefficient (Wildman–Crippen LogP) is 2.25. The molecule has 1 atom stereocenters. The molecule has 1 saturated heterocycles. The average Bonchev–Trinajstić information content (AvgIpc) is 3.20. The molecule has 2 aliphatic heterocycles. The number of anilines is 1. The van der Waals surface area contributed by atoms with Crippen molar-refractivity contribution in [1.82, 2.24) is 10.2 Å². The average molecular weight is 421 g/mol. The Labute approximate surface area is 179 Å². The number of hydrogen-bond acceptors (Lipinski definition) is 5. The predicted molar refractivity (Wildman–Crippen MR) is 113 cm³/mol. The number of likely N-dealkylation sites (N-methyl/N-ethyl adjacent to an activating group) is 1. The molecule has 31 heavy (non-hydrogen) atoms. The summed E-state index contributed by atoms with van der Waals surface area (Å²) in [7, 11) is 3.24. The molecule has 0 radical (unpaired) electrons. The van der Waals surface area contributed by atoms with Gasteiger partial charge >= 0.3 is 6.03 Å². The zero-order chi connectivity index (χ0) is 22.3. The smallest absolute Gasteiger partial charge is 0.325 e. The van der Waals surface area contributed by atoms with Gasteiger partial charge in [-0.15, -0.1) is 0 Å². The van der Waals surface area contributed by atoms with Crippen molar-refractivity contribution < 1.29 is 23.9 Å². The van der Waals surface area contributed by atoms with E-state index in [2.05, 4.69) is 5.32 Å². The highest BCUT2D eigenvalue weighted by Gasteiger charge is 2.51. The van der Waals surface area contributed by atoms with Crippen molar-refractivity contribution in [3.8, 4) is 5.75 Å². The number of carbonyl (C=O) groups excluding carboxylic acids is 4. The van der Waals surface area contributed by atoms with Crippen molar-refractivity contribution in [2.75, 3.05) is 25.6 Å². The van der Waals surface area contributed by atoms with Gasteiger partial charge in [0, 0.05) is 18.3 Å². The second-order valence-electron chi connectivity index (χ2n) is 7.71. The SMILES string of the molecule is CC[C@@]1(c2ccc(OC)cc2)NC(=O)N(CC(=O)c2ccc3c(c2)CC(=O)N3C)C1=O. The first-order valence-corrected chi connectivity index (χ1v) is 10.0. The van der Waals surface area contributed by atoms with Crippen LogP contribution in [0.25, 0.3) is 0 Å². The Morgan fingerprint density at radius 3 is 2.48 bits per heavy atom. The van der Waals surface area contributed by atoms with Crippen molar-refractivity contribution in [3.05, 3.63) is 59.2 Å². The number of methoxy groups -OCH3 is 1. The van der Waals surface area contributed by atoms with Crippen molar-refractivity contribution in [3.63, 3.8) is 0 Å². The van der Waals surface area contributed by atoms with E-state index in [1.165, 1.54) is 0 Å². The highest BCUT2D eigenvalue weighted by molar-refractivity contribution is 6.12. The number of amides is 4. The monoisotopic (exact) mass is 421 g/mol. The van der Waals surface area contributed by atoms with Crippen LogP contribution in [-0.4, -0.2) is 49.2 Å². The van der Waals surface area contributed by atoms with E-state index in [1.54, 1.807) is 61.5 Å². The summed E-state index contributed by atoms with van der Waals surface area (Å²) in [6.45, 7) is 1.44. The van der Waals surface area contributed by atoms with Crippen LogP contribution in [0.3, 0.4) is 0 Å². The van der Waals surface area contributed by atoms with Crippen LogP contribution >= 0.6 is 0 Å². The van der Waals surface area contributed by atoms with Gasteiger partial charge in [-0.05, 0) is 47.9 Å². The molecule has 8 heteroatoms. The lowest BCUT2D eigenvalue weighted by Gasteiger charge is -2.26. The van der Waals surface area contributed by atoms with Crippen LogP contribution in [-0.2, 0) is 21.5 Å². The molecule has 0 unspecified atom stereocenters. The zero-order valence-electron chi connectivity index (χ0n) is 17.6. The number of nitrogens with zero attached hydrogens (tertiary/aromatic N) is 2. The molecule has 0 saturated carbocycles. The summed E-state index contributed by atoms with van der Waals surface area (Å²) in [5.74, 6) is -0.231. The molecule has 4 amide bonds. The van der Waals surface area contributed by atoms with E-state index in [0.717, 1.165) is 16.2 Å². The van der Waals surface area contributed by atoms with Crippen LogP contribution in [0.1, 0.15) is 34.8 Å². The van der Waals surface area contributed by atoms with Gasteiger partial charge in [0.1, 0.15) is 11.3 Å². The van der Waals surface area contributed by atoms with Gasteiger partial charge in [0.25, 0.3) is 5.91 Å². The molecule has 0 aliphatic carbocycles. The minimum absolute atomic E-state index is 0.0408. The molecule has 0 aromatic heterocycles. The molecular formula is C23H23N3O5. The van der Waals surface area contributed by atoms with E-state index in [1.807, 2.05) is 6.92 Å². The van der Waals surface area contributed by atoms with Crippen LogP contribution in [0, 0.1) is 0 Å². The Morgan fingerprint density at radius 1 is 1.13 bits per heavy atom. The van der Waals surface area contributed by atoms with Gasteiger partial charge in [0.05, 0.1) is 20.1 Å². The number of urea groups is 1. The highest BCUT2D eigenvalue weighted by atomic mass is 16.5. The number of imide groups is 1. The van der Waals surface area contributed by atoms with Crippen LogP contribution < -0.4 is 15.0 Å². The number of benzene rings is 2. The van der Waals surface area contributed by atoms with Gasteiger partial charge in [0.2, 0.25) is 5.91 Å². The van der Waals surface area contributed by atoms with Crippen LogP contribution in [0.2, 0.25) is 0 Å². The van der Waals surface area contributed by atoms with Crippen LogP contribution in [0.5, 0.6) is 5.75 Å². The highest BCUT2D eigenvalue weighted by Crippen LogP contribution is 2.34. The molecule has 8 nitrogen and oxygen atoms in total. The molecule has 2 aromatic carbocycles. The lowest BCUT2D eigenvalue weighted by Crippen LogP contribution is -2.43. The van der Waals surface area contributed by atoms with E-state index < -0.39 is 17.5 Å². The molecular weight excluding hydrogens is 398 g/mol. The molecule has 2 aromatic rings. The normalized spacial score (nSPS) is 20.2. The summed E-state index contributed by atoms with van der Waals surface area (Å²) in [6, 6.07) is 11.3. The number of carbonyl (C=O) groups is 4. The molecule has 1 N–H and O–H groups in total. The van der Waals surface area contributed by atoms with Crippen molar-refractivity contribution >= 4 is 29.3 Å². The maximum atomic E-state index is 13.3. The third-order valence-corrected chi connectivity index (χ3v) is 6.07. The number of hydrogen-bond donors (Lipinski definition) is 1.